The number of hydrogen-bond donors (Lipinski definition) is 1. The highest BCUT2D eigenvalue weighted by Gasteiger charge is 2.09. The van der Waals surface area contributed by atoms with Gasteiger partial charge in [-0.1, -0.05) is 11.6 Å². The lowest BCUT2D eigenvalue weighted by molar-refractivity contribution is 0.102. The summed E-state index contributed by atoms with van der Waals surface area (Å²) in [4.78, 5) is 14.1. The second-order valence-electron chi connectivity index (χ2n) is 4.52. The monoisotopic (exact) mass is 352 g/mol. The molecule has 1 N–H and O–H groups in total. The van der Waals surface area contributed by atoms with E-state index in [4.69, 9.17) is 11.6 Å². The molecule has 0 fully saturated rings. The lowest BCUT2D eigenvalue weighted by atomic mass is 10.2. The quantitative estimate of drug-likeness (QED) is 0.886. The Balaban J connectivity index is 2.15. The van der Waals surface area contributed by atoms with Gasteiger partial charge in [-0.25, -0.2) is 0 Å². The SMILES string of the molecule is CN(C)c1ccc(C(=O)Nc2ccc(Cl)cc2Br)cc1. The molecular formula is C15H14BrClN2O. The molecule has 0 aliphatic rings. The third kappa shape index (κ3) is 3.52. The van der Waals surface area contributed by atoms with Gasteiger partial charge in [-0.15, -0.1) is 0 Å². The summed E-state index contributed by atoms with van der Waals surface area (Å²) < 4.78 is 0.753. The topological polar surface area (TPSA) is 32.3 Å². The molecule has 0 saturated heterocycles. The van der Waals surface area contributed by atoms with Crippen molar-refractivity contribution in [1.82, 2.24) is 0 Å². The fraction of sp³-hybridized carbons (Fsp3) is 0.133. The second kappa shape index (κ2) is 6.29. The van der Waals surface area contributed by atoms with Gasteiger partial charge < -0.3 is 10.2 Å². The number of carbonyl (C=O) groups is 1. The predicted octanol–water partition coefficient (Wildman–Crippen LogP) is 4.42. The first-order valence-corrected chi connectivity index (χ1v) is 7.18. The molecule has 0 atom stereocenters. The summed E-state index contributed by atoms with van der Waals surface area (Å²) in [7, 11) is 3.92. The summed E-state index contributed by atoms with van der Waals surface area (Å²) in [5.74, 6) is -0.154. The minimum Gasteiger partial charge on any atom is -0.378 e. The van der Waals surface area contributed by atoms with E-state index in [9.17, 15) is 4.79 Å². The van der Waals surface area contributed by atoms with Gasteiger partial charge in [0.1, 0.15) is 0 Å². The van der Waals surface area contributed by atoms with Gasteiger partial charge in [0.25, 0.3) is 5.91 Å². The minimum absolute atomic E-state index is 0.154. The first-order valence-electron chi connectivity index (χ1n) is 6.01. The maximum absolute atomic E-state index is 12.2. The Hall–Kier alpha value is -1.52. The number of carbonyl (C=O) groups excluding carboxylic acids is 1. The lowest BCUT2D eigenvalue weighted by Gasteiger charge is -2.13. The smallest absolute Gasteiger partial charge is 0.255 e. The molecule has 0 bridgehead atoms. The molecule has 0 unspecified atom stereocenters. The van der Waals surface area contributed by atoms with Crippen molar-refractivity contribution in [3.05, 3.63) is 57.5 Å². The summed E-state index contributed by atoms with van der Waals surface area (Å²) in [5, 5.41) is 3.46. The number of halogens is 2. The molecule has 0 aliphatic carbocycles. The van der Waals surface area contributed by atoms with Crippen LogP contribution in [0.4, 0.5) is 11.4 Å². The van der Waals surface area contributed by atoms with Crippen LogP contribution in [-0.2, 0) is 0 Å². The van der Waals surface area contributed by atoms with E-state index in [2.05, 4.69) is 21.2 Å². The normalized spacial score (nSPS) is 10.2. The molecule has 0 spiro atoms. The average Bonchev–Trinajstić information content (AvgIpc) is 2.42. The number of nitrogens with one attached hydrogen (secondary N) is 1. The highest BCUT2D eigenvalue weighted by atomic mass is 79.9. The van der Waals surface area contributed by atoms with E-state index in [1.807, 2.05) is 31.1 Å². The van der Waals surface area contributed by atoms with E-state index < -0.39 is 0 Å². The van der Waals surface area contributed by atoms with E-state index in [1.54, 1.807) is 30.3 Å². The van der Waals surface area contributed by atoms with Crippen LogP contribution in [0, 0.1) is 0 Å². The van der Waals surface area contributed by atoms with Crippen LogP contribution in [-0.4, -0.2) is 20.0 Å². The first kappa shape index (κ1) is 14.9. The van der Waals surface area contributed by atoms with Crippen molar-refractivity contribution < 1.29 is 4.79 Å². The van der Waals surface area contributed by atoms with E-state index in [0.717, 1.165) is 10.2 Å². The van der Waals surface area contributed by atoms with Crippen LogP contribution in [0.3, 0.4) is 0 Å². The third-order valence-corrected chi connectivity index (χ3v) is 3.72. The van der Waals surface area contributed by atoms with Crippen LogP contribution in [0.5, 0.6) is 0 Å². The number of rotatable bonds is 3. The number of hydrogen-bond acceptors (Lipinski definition) is 2. The molecule has 2 aromatic carbocycles. The first-order chi connectivity index (χ1) is 9.47. The van der Waals surface area contributed by atoms with Crippen LogP contribution in [0.25, 0.3) is 0 Å². The molecule has 2 aromatic rings. The maximum Gasteiger partial charge on any atom is 0.255 e. The average molecular weight is 354 g/mol. The van der Waals surface area contributed by atoms with Crippen LogP contribution in [0.15, 0.2) is 46.9 Å². The van der Waals surface area contributed by atoms with Crippen LogP contribution >= 0.6 is 27.5 Å². The van der Waals surface area contributed by atoms with Crippen LogP contribution in [0.1, 0.15) is 10.4 Å². The fourth-order valence-electron chi connectivity index (χ4n) is 1.70. The molecule has 2 rings (SSSR count). The van der Waals surface area contributed by atoms with Gasteiger partial charge in [-0.3, -0.25) is 4.79 Å². The Morgan fingerprint density at radius 1 is 1.15 bits per heavy atom. The van der Waals surface area contributed by atoms with Gasteiger partial charge >= 0.3 is 0 Å². The summed E-state index contributed by atoms with van der Waals surface area (Å²) >= 11 is 9.24. The number of benzene rings is 2. The Kier molecular flexibility index (Phi) is 4.68. The van der Waals surface area contributed by atoms with E-state index >= 15 is 0 Å². The molecule has 0 aromatic heterocycles. The van der Waals surface area contributed by atoms with Gasteiger partial charge in [0, 0.05) is 34.8 Å². The Morgan fingerprint density at radius 3 is 2.35 bits per heavy atom. The molecular weight excluding hydrogens is 340 g/mol. The highest BCUT2D eigenvalue weighted by Crippen LogP contribution is 2.26. The molecule has 1 amide bonds. The fourth-order valence-corrected chi connectivity index (χ4v) is 2.48. The molecule has 0 heterocycles. The molecule has 0 aliphatic heterocycles. The van der Waals surface area contributed by atoms with Crippen molar-refractivity contribution in [2.75, 3.05) is 24.3 Å². The molecule has 0 saturated carbocycles. The Bertz CT molecular complexity index is 626. The molecule has 0 radical (unpaired) electrons. The van der Waals surface area contributed by atoms with E-state index in [-0.39, 0.29) is 5.91 Å². The summed E-state index contributed by atoms with van der Waals surface area (Å²) in [5.41, 5.74) is 2.35. The van der Waals surface area contributed by atoms with Crippen molar-refractivity contribution in [3.63, 3.8) is 0 Å². The van der Waals surface area contributed by atoms with Gasteiger partial charge in [0.15, 0.2) is 0 Å². The molecule has 20 heavy (non-hydrogen) atoms. The van der Waals surface area contributed by atoms with Crippen molar-refractivity contribution >= 4 is 44.8 Å². The molecule has 104 valence electrons. The number of nitrogens with zero attached hydrogens (tertiary/aromatic N) is 1. The van der Waals surface area contributed by atoms with Crippen LogP contribution in [0.2, 0.25) is 5.02 Å². The third-order valence-electron chi connectivity index (χ3n) is 2.83. The number of amides is 1. The minimum atomic E-state index is -0.154. The van der Waals surface area contributed by atoms with Crippen molar-refractivity contribution in [2.24, 2.45) is 0 Å². The van der Waals surface area contributed by atoms with Gasteiger partial charge in [-0.2, -0.15) is 0 Å². The maximum atomic E-state index is 12.2. The van der Waals surface area contributed by atoms with Crippen LogP contribution < -0.4 is 10.2 Å². The van der Waals surface area contributed by atoms with Gasteiger partial charge in [0.05, 0.1) is 5.69 Å². The zero-order valence-corrected chi connectivity index (χ0v) is 13.5. The lowest BCUT2D eigenvalue weighted by Crippen LogP contribution is -2.13. The number of anilines is 2. The van der Waals surface area contributed by atoms with Crippen molar-refractivity contribution in [1.29, 1.82) is 0 Å². The Morgan fingerprint density at radius 2 is 1.80 bits per heavy atom. The van der Waals surface area contributed by atoms with Gasteiger partial charge in [-0.05, 0) is 58.4 Å². The standard InChI is InChI=1S/C15H14BrClN2O/c1-19(2)12-6-3-10(4-7-12)15(20)18-14-8-5-11(17)9-13(14)16/h3-9H,1-2H3,(H,18,20). The summed E-state index contributed by atoms with van der Waals surface area (Å²) in [6, 6.07) is 12.7. The van der Waals surface area contributed by atoms with E-state index in [0.29, 0.717) is 16.3 Å². The second-order valence-corrected chi connectivity index (χ2v) is 5.81. The summed E-state index contributed by atoms with van der Waals surface area (Å²) in [6.07, 6.45) is 0. The molecule has 5 heteroatoms. The van der Waals surface area contributed by atoms with Crippen molar-refractivity contribution in [3.8, 4) is 0 Å². The highest BCUT2D eigenvalue weighted by molar-refractivity contribution is 9.10. The summed E-state index contributed by atoms with van der Waals surface area (Å²) in [6.45, 7) is 0. The predicted molar refractivity (Wildman–Crippen MR) is 87.9 cm³/mol. The largest absolute Gasteiger partial charge is 0.378 e. The zero-order chi connectivity index (χ0) is 14.7. The molecule has 3 nitrogen and oxygen atoms in total. The van der Waals surface area contributed by atoms with E-state index in [1.165, 1.54) is 0 Å². The Labute approximate surface area is 131 Å². The zero-order valence-electron chi connectivity index (χ0n) is 11.2. The van der Waals surface area contributed by atoms with Gasteiger partial charge in [0.2, 0.25) is 0 Å². The van der Waals surface area contributed by atoms with Crippen molar-refractivity contribution in [2.45, 2.75) is 0 Å².